The van der Waals surface area contributed by atoms with Crippen molar-refractivity contribution < 1.29 is 4.74 Å². The first-order valence-corrected chi connectivity index (χ1v) is 5.84. The molecule has 2 N–H and O–H groups in total. The van der Waals surface area contributed by atoms with Crippen LogP contribution in [0.15, 0.2) is 0 Å². The Balaban J connectivity index is 2.18. The molecule has 1 rings (SSSR count). The summed E-state index contributed by atoms with van der Waals surface area (Å²) in [7, 11) is 0. The van der Waals surface area contributed by atoms with Crippen LogP contribution in [0.4, 0.5) is 0 Å². The summed E-state index contributed by atoms with van der Waals surface area (Å²) >= 11 is 0. The second kappa shape index (κ2) is 5.13. The van der Waals surface area contributed by atoms with Gasteiger partial charge in [0.15, 0.2) is 0 Å². The Morgan fingerprint density at radius 2 is 2.00 bits per heavy atom. The first kappa shape index (κ1) is 12.0. The van der Waals surface area contributed by atoms with Crippen LogP contribution in [0.5, 0.6) is 0 Å². The van der Waals surface area contributed by atoms with E-state index < -0.39 is 0 Å². The van der Waals surface area contributed by atoms with Crippen molar-refractivity contribution in [1.29, 1.82) is 0 Å². The summed E-state index contributed by atoms with van der Waals surface area (Å²) < 4.78 is 5.90. The minimum atomic E-state index is 0.386. The average Bonchev–Trinajstić information content (AvgIpc) is 2.49. The molecule has 1 aliphatic rings. The molecule has 1 fully saturated rings. The lowest BCUT2D eigenvalue weighted by Gasteiger charge is -2.22. The second-order valence-electron chi connectivity index (χ2n) is 5.65. The molecule has 84 valence electrons. The molecule has 0 aliphatic heterocycles. The molecule has 0 saturated heterocycles. The summed E-state index contributed by atoms with van der Waals surface area (Å²) in [4.78, 5) is 0. The van der Waals surface area contributed by atoms with E-state index in [0.717, 1.165) is 19.6 Å². The predicted octanol–water partition coefficient (Wildman–Crippen LogP) is 2.57. The molecular weight excluding hydrogens is 174 g/mol. The van der Waals surface area contributed by atoms with Crippen molar-refractivity contribution in [2.24, 2.45) is 17.1 Å². The van der Waals surface area contributed by atoms with Gasteiger partial charge in [-0.2, -0.15) is 0 Å². The van der Waals surface area contributed by atoms with E-state index in [-0.39, 0.29) is 0 Å². The van der Waals surface area contributed by atoms with Gasteiger partial charge in [-0.3, -0.25) is 0 Å². The Kier molecular flexibility index (Phi) is 4.39. The minimum Gasteiger partial charge on any atom is -0.378 e. The van der Waals surface area contributed by atoms with Crippen molar-refractivity contribution in [3.63, 3.8) is 0 Å². The van der Waals surface area contributed by atoms with Gasteiger partial charge in [-0.05, 0) is 37.1 Å². The van der Waals surface area contributed by atoms with Gasteiger partial charge in [0.2, 0.25) is 0 Å². The fraction of sp³-hybridized carbons (Fsp3) is 1.00. The van der Waals surface area contributed by atoms with Crippen molar-refractivity contribution >= 4 is 0 Å². The Morgan fingerprint density at radius 1 is 1.29 bits per heavy atom. The molecule has 0 aromatic rings. The molecule has 2 unspecified atom stereocenters. The van der Waals surface area contributed by atoms with Crippen molar-refractivity contribution in [3.8, 4) is 0 Å². The molecule has 1 aliphatic carbocycles. The molecule has 1 saturated carbocycles. The zero-order valence-electron chi connectivity index (χ0n) is 9.88. The molecule has 0 radical (unpaired) electrons. The monoisotopic (exact) mass is 199 g/mol. The van der Waals surface area contributed by atoms with Crippen molar-refractivity contribution in [3.05, 3.63) is 0 Å². The Hall–Kier alpha value is -0.0800. The Labute approximate surface area is 88.2 Å². The van der Waals surface area contributed by atoms with Crippen LogP contribution in [-0.2, 0) is 4.74 Å². The van der Waals surface area contributed by atoms with E-state index in [0.29, 0.717) is 17.4 Å². The fourth-order valence-electron chi connectivity index (χ4n) is 2.01. The summed E-state index contributed by atoms with van der Waals surface area (Å²) in [6, 6.07) is 0. The molecule has 0 aromatic carbocycles. The maximum Gasteiger partial charge on any atom is 0.0615 e. The highest BCUT2D eigenvalue weighted by Gasteiger charge is 2.26. The number of hydrogen-bond donors (Lipinski definition) is 1. The van der Waals surface area contributed by atoms with Gasteiger partial charge < -0.3 is 10.5 Å². The van der Waals surface area contributed by atoms with Crippen LogP contribution in [0.2, 0.25) is 0 Å². The van der Waals surface area contributed by atoms with Gasteiger partial charge in [0.1, 0.15) is 0 Å². The molecule has 0 spiro atoms. The smallest absolute Gasteiger partial charge is 0.0615 e. The van der Waals surface area contributed by atoms with Crippen LogP contribution < -0.4 is 5.73 Å². The molecule has 0 bridgehead atoms. The van der Waals surface area contributed by atoms with Gasteiger partial charge in [-0.25, -0.2) is 0 Å². The first-order valence-electron chi connectivity index (χ1n) is 5.84. The Morgan fingerprint density at radius 3 is 2.57 bits per heavy atom. The molecule has 2 nitrogen and oxygen atoms in total. The van der Waals surface area contributed by atoms with E-state index in [1.165, 1.54) is 19.3 Å². The van der Waals surface area contributed by atoms with Gasteiger partial charge >= 0.3 is 0 Å². The highest BCUT2D eigenvalue weighted by molar-refractivity contribution is 4.78. The Bertz CT molecular complexity index is 162. The summed E-state index contributed by atoms with van der Waals surface area (Å²) in [5.41, 5.74) is 6.09. The standard InChI is InChI=1S/C12H25NO/c1-12(2,3)7-8-14-11-6-4-5-10(11)9-13/h10-11H,4-9,13H2,1-3H3. The largest absolute Gasteiger partial charge is 0.378 e. The summed E-state index contributed by atoms with van der Waals surface area (Å²) in [5.74, 6) is 0.620. The van der Waals surface area contributed by atoms with Crippen LogP contribution in [-0.4, -0.2) is 19.3 Å². The number of hydrogen-bond acceptors (Lipinski definition) is 2. The lowest BCUT2D eigenvalue weighted by molar-refractivity contribution is 0.0172. The maximum atomic E-state index is 5.90. The predicted molar refractivity (Wildman–Crippen MR) is 60.2 cm³/mol. The van der Waals surface area contributed by atoms with Crippen LogP contribution in [0.1, 0.15) is 46.5 Å². The summed E-state index contributed by atoms with van der Waals surface area (Å²) in [6.45, 7) is 8.45. The third-order valence-corrected chi connectivity index (χ3v) is 3.08. The summed E-state index contributed by atoms with van der Waals surface area (Å²) in [5, 5.41) is 0. The lowest BCUT2D eigenvalue weighted by Crippen LogP contribution is -2.26. The van der Waals surface area contributed by atoms with E-state index in [1.54, 1.807) is 0 Å². The van der Waals surface area contributed by atoms with Crippen LogP contribution in [0, 0.1) is 11.3 Å². The SMILES string of the molecule is CC(C)(C)CCOC1CCCC1CN. The molecule has 2 heteroatoms. The summed E-state index contributed by atoms with van der Waals surface area (Å²) in [6.07, 6.45) is 5.35. The topological polar surface area (TPSA) is 35.2 Å². The van der Waals surface area contributed by atoms with Crippen molar-refractivity contribution in [2.45, 2.75) is 52.6 Å². The molecule has 2 atom stereocenters. The van der Waals surface area contributed by atoms with E-state index in [9.17, 15) is 0 Å². The van der Waals surface area contributed by atoms with Crippen molar-refractivity contribution in [1.82, 2.24) is 0 Å². The molecule has 0 aromatic heterocycles. The van der Waals surface area contributed by atoms with Crippen LogP contribution >= 0.6 is 0 Å². The molecule has 0 heterocycles. The highest BCUT2D eigenvalue weighted by atomic mass is 16.5. The third kappa shape index (κ3) is 3.97. The van der Waals surface area contributed by atoms with Crippen LogP contribution in [0.25, 0.3) is 0 Å². The van der Waals surface area contributed by atoms with Gasteiger partial charge in [0.25, 0.3) is 0 Å². The van der Waals surface area contributed by atoms with E-state index in [4.69, 9.17) is 10.5 Å². The third-order valence-electron chi connectivity index (χ3n) is 3.08. The fourth-order valence-corrected chi connectivity index (χ4v) is 2.01. The zero-order valence-corrected chi connectivity index (χ0v) is 9.88. The van der Waals surface area contributed by atoms with Gasteiger partial charge in [-0.1, -0.05) is 27.2 Å². The number of ether oxygens (including phenoxy) is 1. The quantitative estimate of drug-likeness (QED) is 0.755. The second-order valence-corrected chi connectivity index (χ2v) is 5.65. The maximum absolute atomic E-state index is 5.90. The van der Waals surface area contributed by atoms with Gasteiger partial charge in [0, 0.05) is 6.61 Å². The zero-order chi connectivity index (χ0) is 10.6. The van der Waals surface area contributed by atoms with Crippen molar-refractivity contribution in [2.75, 3.05) is 13.2 Å². The lowest BCUT2D eigenvalue weighted by atomic mass is 9.93. The minimum absolute atomic E-state index is 0.386. The van der Waals surface area contributed by atoms with E-state index in [1.807, 2.05) is 0 Å². The normalized spacial score (nSPS) is 28.3. The van der Waals surface area contributed by atoms with Crippen LogP contribution in [0.3, 0.4) is 0 Å². The molecular formula is C12H25NO. The highest BCUT2D eigenvalue weighted by Crippen LogP contribution is 2.28. The van der Waals surface area contributed by atoms with E-state index >= 15 is 0 Å². The van der Waals surface area contributed by atoms with Gasteiger partial charge in [0.05, 0.1) is 6.10 Å². The molecule has 14 heavy (non-hydrogen) atoms. The molecule has 0 amide bonds. The first-order chi connectivity index (χ1) is 6.53. The van der Waals surface area contributed by atoms with Gasteiger partial charge in [-0.15, -0.1) is 0 Å². The van der Waals surface area contributed by atoms with E-state index in [2.05, 4.69) is 20.8 Å². The average molecular weight is 199 g/mol. The number of rotatable bonds is 4. The number of nitrogens with two attached hydrogens (primary N) is 1.